The highest BCUT2D eigenvalue weighted by molar-refractivity contribution is 6.10. The zero-order valence-electron chi connectivity index (χ0n) is 16.3. The fourth-order valence-corrected chi connectivity index (χ4v) is 4.33. The highest BCUT2D eigenvalue weighted by Crippen LogP contribution is 2.36. The predicted molar refractivity (Wildman–Crippen MR) is 129 cm³/mol. The summed E-state index contributed by atoms with van der Waals surface area (Å²) in [5.41, 5.74) is 10.5. The van der Waals surface area contributed by atoms with Crippen LogP contribution in [0.2, 0.25) is 0 Å². The van der Waals surface area contributed by atoms with Crippen molar-refractivity contribution < 1.29 is 0 Å². The Morgan fingerprint density at radius 3 is 2.23 bits per heavy atom. The summed E-state index contributed by atoms with van der Waals surface area (Å²) in [6.07, 6.45) is 4.29. The van der Waals surface area contributed by atoms with Crippen LogP contribution in [0.4, 0.5) is 11.4 Å². The Hall–Kier alpha value is -4.11. The van der Waals surface area contributed by atoms with Crippen molar-refractivity contribution >= 4 is 61.8 Å². The Morgan fingerprint density at radius 2 is 1.40 bits per heavy atom. The van der Waals surface area contributed by atoms with Gasteiger partial charge in [0.1, 0.15) is 0 Å². The summed E-state index contributed by atoms with van der Waals surface area (Å²) < 4.78 is 0. The summed E-state index contributed by atoms with van der Waals surface area (Å²) in [4.78, 5) is 4.68. The van der Waals surface area contributed by atoms with E-state index >= 15 is 0 Å². The third-order valence-electron chi connectivity index (χ3n) is 5.74. The Labute approximate surface area is 174 Å². The smallest absolute Gasteiger partial charge is 0.198 e. The van der Waals surface area contributed by atoms with Crippen LogP contribution in [-0.4, -0.2) is 5.96 Å². The van der Waals surface area contributed by atoms with Gasteiger partial charge in [0.25, 0.3) is 0 Å². The van der Waals surface area contributed by atoms with Gasteiger partial charge in [0.2, 0.25) is 0 Å². The van der Waals surface area contributed by atoms with E-state index in [4.69, 9.17) is 5.73 Å². The lowest BCUT2D eigenvalue weighted by molar-refractivity contribution is 1.46. The Balaban J connectivity index is 1.37. The molecule has 30 heavy (non-hydrogen) atoms. The van der Waals surface area contributed by atoms with Crippen LogP contribution >= 0.6 is 0 Å². The van der Waals surface area contributed by atoms with E-state index in [2.05, 4.69) is 95.3 Å². The van der Waals surface area contributed by atoms with Crippen molar-refractivity contribution in [2.24, 2.45) is 10.7 Å². The molecule has 0 aliphatic heterocycles. The summed E-state index contributed by atoms with van der Waals surface area (Å²) in [6.45, 7) is 0. The maximum absolute atomic E-state index is 6.28. The van der Waals surface area contributed by atoms with Crippen molar-refractivity contribution in [3.8, 4) is 0 Å². The van der Waals surface area contributed by atoms with Gasteiger partial charge >= 0.3 is 0 Å². The standard InChI is InChI=1S/C27H19N3/c28-27(30-25-13-11-18-9-8-17-6-3-7-24(25)26(17)18)29-23-12-10-21-14-19-4-1-2-5-20(19)15-22(21)16-23/h1-16H,(H3,28,29,30). The summed E-state index contributed by atoms with van der Waals surface area (Å²) in [7, 11) is 0. The van der Waals surface area contributed by atoms with E-state index in [9.17, 15) is 0 Å². The second-order valence-electron chi connectivity index (χ2n) is 7.66. The van der Waals surface area contributed by atoms with E-state index in [1.165, 1.54) is 38.1 Å². The fourth-order valence-electron chi connectivity index (χ4n) is 4.33. The van der Waals surface area contributed by atoms with Gasteiger partial charge < -0.3 is 11.1 Å². The van der Waals surface area contributed by atoms with Gasteiger partial charge in [0.05, 0.1) is 5.69 Å². The van der Waals surface area contributed by atoms with Gasteiger partial charge in [-0.1, -0.05) is 66.7 Å². The minimum Gasteiger partial charge on any atom is -0.369 e. The van der Waals surface area contributed by atoms with Crippen LogP contribution in [0.5, 0.6) is 0 Å². The number of aliphatic imine (C=N–C) groups is 1. The number of benzene rings is 5. The first kappa shape index (κ1) is 16.8. The molecule has 3 nitrogen and oxygen atoms in total. The van der Waals surface area contributed by atoms with Crippen LogP contribution in [0.3, 0.4) is 0 Å². The van der Waals surface area contributed by atoms with Crippen molar-refractivity contribution in [2.45, 2.75) is 0 Å². The molecule has 5 aromatic rings. The molecule has 1 aliphatic rings. The van der Waals surface area contributed by atoms with E-state index in [-0.39, 0.29) is 0 Å². The molecular weight excluding hydrogens is 366 g/mol. The van der Waals surface area contributed by atoms with Crippen LogP contribution in [0, 0.1) is 0 Å². The van der Waals surface area contributed by atoms with E-state index in [0.29, 0.717) is 5.96 Å². The Morgan fingerprint density at radius 1 is 0.667 bits per heavy atom. The van der Waals surface area contributed by atoms with Crippen molar-refractivity contribution in [3.63, 3.8) is 0 Å². The molecule has 1 aliphatic carbocycles. The first-order valence-corrected chi connectivity index (χ1v) is 10.0. The van der Waals surface area contributed by atoms with Crippen LogP contribution in [0.1, 0.15) is 11.1 Å². The van der Waals surface area contributed by atoms with Gasteiger partial charge in [0.15, 0.2) is 5.96 Å². The first-order valence-electron chi connectivity index (χ1n) is 10.0. The second-order valence-corrected chi connectivity index (χ2v) is 7.66. The largest absolute Gasteiger partial charge is 0.369 e. The highest BCUT2D eigenvalue weighted by atomic mass is 15.1. The Bertz CT molecular complexity index is 1510. The maximum atomic E-state index is 6.28. The van der Waals surface area contributed by atoms with Gasteiger partial charge in [0, 0.05) is 11.1 Å². The molecule has 3 heteroatoms. The summed E-state index contributed by atoms with van der Waals surface area (Å²) >= 11 is 0. The lowest BCUT2D eigenvalue weighted by Gasteiger charge is -2.10. The number of guanidine groups is 1. The third kappa shape index (κ3) is 2.72. The Kier molecular flexibility index (Phi) is 3.62. The maximum Gasteiger partial charge on any atom is 0.198 e. The SMILES string of the molecule is NC(=Nc1ccc2c3c(cccc13)C=C2)Nc1ccc2cc3ccccc3cc2c1. The molecule has 0 spiro atoms. The van der Waals surface area contributed by atoms with E-state index in [0.717, 1.165) is 16.8 Å². The van der Waals surface area contributed by atoms with Gasteiger partial charge in [-0.3, -0.25) is 0 Å². The number of nitrogens with zero attached hydrogens (tertiary/aromatic N) is 1. The second kappa shape index (κ2) is 6.46. The lowest BCUT2D eigenvalue weighted by Crippen LogP contribution is -2.21. The molecule has 6 rings (SSSR count). The van der Waals surface area contributed by atoms with Crippen LogP contribution in [-0.2, 0) is 0 Å². The number of fused-ring (bicyclic) bond motifs is 2. The van der Waals surface area contributed by atoms with Crippen molar-refractivity contribution in [2.75, 3.05) is 5.32 Å². The number of hydrogen-bond donors (Lipinski definition) is 2. The molecule has 142 valence electrons. The summed E-state index contributed by atoms with van der Waals surface area (Å²) in [5.74, 6) is 0.377. The number of nitrogens with two attached hydrogens (primary N) is 1. The quantitative estimate of drug-likeness (QED) is 0.198. The molecule has 0 amide bonds. The topological polar surface area (TPSA) is 50.4 Å². The molecule has 0 fully saturated rings. The number of rotatable bonds is 2. The minimum atomic E-state index is 0.377. The molecule has 0 radical (unpaired) electrons. The number of nitrogens with one attached hydrogen (secondary N) is 1. The molecule has 5 aromatic carbocycles. The van der Waals surface area contributed by atoms with E-state index < -0.39 is 0 Å². The average molecular weight is 385 g/mol. The molecule has 0 heterocycles. The fraction of sp³-hybridized carbons (Fsp3) is 0. The molecule has 0 atom stereocenters. The van der Waals surface area contributed by atoms with Crippen LogP contribution in [0.15, 0.2) is 89.9 Å². The van der Waals surface area contributed by atoms with Gasteiger partial charge in [-0.25, -0.2) is 4.99 Å². The molecule has 0 saturated heterocycles. The van der Waals surface area contributed by atoms with Crippen LogP contribution < -0.4 is 11.1 Å². The summed E-state index contributed by atoms with van der Waals surface area (Å²) in [6, 6.07) is 29.5. The lowest BCUT2D eigenvalue weighted by atomic mass is 10.0. The molecule has 3 N–H and O–H groups in total. The molecule has 0 saturated carbocycles. The molecule has 0 bridgehead atoms. The third-order valence-corrected chi connectivity index (χ3v) is 5.74. The molecular formula is C27H19N3. The minimum absolute atomic E-state index is 0.377. The number of hydrogen-bond acceptors (Lipinski definition) is 1. The van der Waals surface area contributed by atoms with Gasteiger partial charge in [-0.05, 0) is 68.4 Å². The first-order chi connectivity index (χ1) is 14.7. The van der Waals surface area contributed by atoms with E-state index in [1.54, 1.807) is 0 Å². The monoisotopic (exact) mass is 385 g/mol. The van der Waals surface area contributed by atoms with Crippen molar-refractivity contribution in [1.29, 1.82) is 0 Å². The number of anilines is 1. The van der Waals surface area contributed by atoms with Gasteiger partial charge in [-0.2, -0.15) is 0 Å². The molecule has 0 aromatic heterocycles. The van der Waals surface area contributed by atoms with Gasteiger partial charge in [-0.15, -0.1) is 0 Å². The van der Waals surface area contributed by atoms with Crippen molar-refractivity contribution in [1.82, 2.24) is 0 Å². The van der Waals surface area contributed by atoms with Crippen molar-refractivity contribution in [3.05, 3.63) is 96.1 Å². The predicted octanol–water partition coefficient (Wildman–Crippen LogP) is 6.69. The zero-order chi connectivity index (χ0) is 20.1. The van der Waals surface area contributed by atoms with E-state index in [1.807, 2.05) is 12.1 Å². The zero-order valence-corrected chi connectivity index (χ0v) is 16.3. The average Bonchev–Trinajstić information content (AvgIpc) is 3.19. The molecule has 0 unspecified atom stereocenters. The summed E-state index contributed by atoms with van der Waals surface area (Å²) in [5, 5.41) is 10.5. The normalized spacial score (nSPS) is 12.9. The van der Waals surface area contributed by atoms with Crippen LogP contribution in [0.25, 0.3) is 44.5 Å². The highest BCUT2D eigenvalue weighted by Gasteiger charge is 2.11.